The number of nitrogens with zero attached hydrogens (tertiary/aromatic N) is 4. The van der Waals surface area contributed by atoms with E-state index in [0.717, 1.165) is 32.1 Å². The molecule has 1 aromatic carbocycles. The van der Waals surface area contributed by atoms with Crippen LogP contribution in [0, 0.1) is 0 Å². The van der Waals surface area contributed by atoms with Crippen LogP contribution in [0.3, 0.4) is 0 Å². The highest BCUT2D eigenvalue weighted by atomic mass is 15.3. The zero-order chi connectivity index (χ0) is 15.6. The third-order valence-corrected chi connectivity index (χ3v) is 5.40. The van der Waals surface area contributed by atoms with Crippen LogP contribution in [0.2, 0.25) is 0 Å². The summed E-state index contributed by atoms with van der Waals surface area (Å²) in [5.74, 6) is 0.727. The second kappa shape index (κ2) is 6.36. The molecule has 2 aromatic rings. The van der Waals surface area contributed by atoms with Gasteiger partial charge in [0, 0.05) is 46.0 Å². The largest absolute Gasteiger partial charge is 0.366 e. The van der Waals surface area contributed by atoms with E-state index in [9.17, 15) is 0 Å². The molecule has 122 valence electrons. The minimum absolute atomic E-state index is 0.727. The molecule has 0 N–H and O–H groups in total. The number of anilines is 1. The van der Waals surface area contributed by atoms with Crippen LogP contribution in [0.25, 0.3) is 0 Å². The SMILES string of the molecule is Cn1cc(N2CCN(CC3CCCc4ccccc43)CC2)cn1. The lowest BCUT2D eigenvalue weighted by Gasteiger charge is -2.38. The highest BCUT2D eigenvalue weighted by molar-refractivity contribution is 5.42. The lowest BCUT2D eigenvalue weighted by atomic mass is 9.82. The van der Waals surface area contributed by atoms with E-state index in [2.05, 4.69) is 45.4 Å². The first-order chi connectivity index (χ1) is 11.3. The van der Waals surface area contributed by atoms with E-state index in [1.807, 2.05) is 17.9 Å². The minimum atomic E-state index is 0.727. The quantitative estimate of drug-likeness (QED) is 0.871. The van der Waals surface area contributed by atoms with Gasteiger partial charge in [0.2, 0.25) is 0 Å². The number of benzene rings is 1. The van der Waals surface area contributed by atoms with Crippen LogP contribution in [0.5, 0.6) is 0 Å². The van der Waals surface area contributed by atoms with E-state index >= 15 is 0 Å². The summed E-state index contributed by atoms with van der Waals surface area (Å²) in [5.41, 5.74) is 4.45. The molecule has 0 spiro atoms. The maximum absolute atomic E-state index is 4.29. The Hall–Kier alpha value is -1.81. The van der Waals surface area contributed by atoms with Gasteiger partial charge in [-0.3, -0.25) is 9.58 Å². The molecule has 1 unspecified atom stereocenters. The van der Waals surface area contributed by atoms with Crippen molar-refractivity contribution in [2.24, 2.45) is 7.05 Å². The van der Waals surface area contributed by atoms with Gasteiger partial charge in [0.25, 0.3) is 0 Å². The zero-order valence-corrected chi connectivity index (χ0v) is 14.0. The molecule has 1 atom stereocenters. The number of piperazine rings is 1. The average Bonchev–Trinajstić information content (AvgIpc) is 3.02. The van der Waals surface area contributed by atoms with Gasteiger partial charge in [0.1, 0.15) is 0 Å². The second-order valence-corrected chi connectivity index (χ2v) is 6.95. The fourth-order valence-corrected chi connectivity index (χ4v) is 4.12. The number of hydrogen-bond acceptors (Lipinski definition) is 3. The fourth-order valence-electron chi connectivity index (χ4n) is 4.12. The molecule has 1 aliphatic heterocycles. The van der Waals surface area contributed by atoms with Crippen LogP contribution < -0.4 is 4.90 Å². The molecule has 4 rings (SSSR count). The number of aromatic nitrogens is 2. The van der Waals surface area contributed by atoms with E-state index in [-0.39, 0.29) is 0 Å². The number of fused-ring (bicyclic) bond motifs is 1. The zero-order valence-electron chi connectivity index (χ0n) is 14.0. The molecule has 2 aliphatic rings. The molecule has 1 fully saturated rings. The number of aryl methyl sites for hydroxylation is 2. The van der Waals surface area contributed by atoms with E-state index in [1.54, 1.807) is 11.1 Å². The summed E-state index contributed by atoms with van der Waals surface area (Å²) in [7, 11) is 1.99. The van der Waals surface area contributed by atoms with Gasteiger partial charge < -0.3 is 4.90 Å². The van der Waals surface area contributed by atoms with Crippen LogP contribution in [-0.4, -0.2) is 47.4 Å². The summed E-state index contributed by atoms with van der Waals surface area (Å²) in [6, 6.07) is 9.07. The van der Waals surface area contributed by atoms with Crippen molar-refractivity contribution in [3.63, 3.8) is 0 Å². The first kappa shape index (κ1) is 14.8. The summed E-state index contributed by atoms with van der Waals surface area (Å²) >= 11 is 0. The minimum Gasteiger partial charge on any atom is -0.366 e. The van der Waals surface area contributed by atoms with Crippen molar-refractivity contribution in [3.05, 3.63) is 47.8 Å². The lowest BCUT2D eigenvalue weighted by molar-refractivity contribution is 0.234. The molecule has 23 heavy (non-hydrogen) atoms. The molecule has 4 heteroatoms. The maximum atomic E-state index is 4.29. The van der Waals surface area contributed by atoms with Gasteiger partial charge in [-0.25, -0.2) is 0 Å². The Morgan fingerprint density at radius 1 is 1.13 bits per heavy atom. The maximum Gasteiger partial charge on any atom is 0.0753 e. The van der Waals surface area contributed by atoms with Crippen LogP contribution in [0.1, 0.15) is 29.9 Å². The molecule has 1 aromatic heterocycles. The lowest BCUT2D eigenvalue weighted by Crippen LogP contribution is -2.47. The molecular formula is C19H26N4. The van der Waals surface area contributed by atoms with Crippen molar-refractivity contribution in [1.82, 2.24) is 14.7 Å². The first-order valence-electron chi connectivity index (χ1n) is 8.83. The fraction of sp³-hybridized carbons (Fsp3) is 0.526. The molecule has 0 radical (unpaired) electrons. The highest BCUT2D eigenvalue weighted by Crippen LogP contribution is 2.32. The average molecular weight is 310 g/mol. The van der Waals surface area contributed by atoms with Crippen LogP contribution >= 0.6 is 0 Å². The summed E-state index contributed by atoms with van der Waals surface area (Å²) in [4.78, 5) is 5.11. The van der Waals surface area contributed by atoms with Gasteiger partial charge in [-0.1, -0.05) is 24.3 Å². The van der Waals surface area contributed by atoms with E-state index < -0.39 is 0 Å². The Kier molecular flexibility index (Phi) is 4.08. The predicted octanol–water partition coefficient (Wildman–Crippen LogP) is 2.66. The Morgan fingerprint density at radius 2 is 1.96 bits per heavy atom. The van der Waals surface area contributed by atoms with E-state index in [1.165, 1.54) is 31.5 Å². The Balaban J connectivity index is 1.37. The third-order valence-electron chi connectivity index (χ3n) is 5.40. The molecule has 1 aliphatic carbocycles. The molecule has 0 amide bonds. The normalized spacial score (nSPS) is 22.1. The molecule has 4 nitrogen and oxygen atoms in total. The van der Waals surface area contributed by atoms with Gasteiger partial charge >= 0.3 is 0 Å². The van der Waals surface area contributed by atoms with Gasteiger partial charge in [-0.2, -0.15) is 5.10 Å². The second-order valence-electron chi connectivity index (χ2n) is 6.95. The van der Waals surface area contributed by atoms with Crippen molar-refractivity contribution in [3.8, 4) is 0 Å². The number of hydrogen-bond donors (Lipinski definition) is 0. The topological polar surface area (TPSA) is 24.3 Å². The monoisotopic (exact) mass is 310 g/mol. The molecule has 1 saturated heterocycles. The smallest absolute Gasteiger partial charge is 0.0753 e. The Bertz CT molecular complexity index is 655. The van der Waals surface area contributed by atoms with Crippen LogP contribution in [0.4, 0.5) is 5.69 Å². The van der Waals surface area contributed by atoms with E-state index in [4.69, 9.17) is 0 Å². The molecular weight excluding hydrogens is 284 g/mol. The van der Waals surface area contributed by atoms with Crippen molar-refractivity contribution in [1.29, 1.82) is 0 Å². The number of rotatable bonds is 3. The molecule has 0 bridgehead atoms. The summed E-state index contributed by atoms with van der Waals surface area (Å²) in [6.07, 6.45) is 8.05. The summed E-state index contributed by atoms with van der Waals surface area (Å²) in [5, 5.41) is 4.29. The Morgan fingerprint density at radius 3 is 2.74 bits per heavy atom. The van der Waals surface area contributed by atoms with Gasteiger partial charge in [0.15, 0.2) is 0 Å². The molecule has 2 heterocycles. The summed E-state index contributed by atoms with van der Waals surface area (Å²) in [6.45, 7) is 5.76. The standard InChI is InChI=1S/C19H26N4/c1-21-15-18(13-20-21)23-11-9-22(10-12-23)14-17-7-4-6-16-5-2-3-8-19(16)17/h2-3,5,8,13,15,17H,4,6-7,9-12,14H2,1H3. The van der Waals surface area contributed by atoms with Crippen LogP contribution in [-0.2, 0) is 13.5 Å². The van der Waals surface area contributed by atoms with Crippen molar-refractivity contribution < 1.29 is 0 Å². The van der Waals surface area contributed by atoms with Gasteiger partial charge in [0.05, 0.1) is 11.9 Å². The third kappa shape index (κ3) is 3.13. The van der Waals surface area contributed by atoms with Crippen LogP contribution in [0.15, 0.2) is 36.7 Å². The predicted molar refractivity (Wildman–Crippen MR) is 94.0 cm³/mol. The van der Waals surface area contributed by atoms with Gasteiger partial charge in [-0.15, -0.1) is 0 Å². The first-order valence-corrected chi connectivity index (χ1v) is 8.83. The highest BCUT2D eigenvalue weighted by Gasteiger charge is 2.24. The van der Waals surface area contributed by atoms with Crippen molar-refractivity contribution in [2.75, 3.05) is 37.6 Å². The molecule has 0 saturated carbocycles. The van der Waals surface area contributed by atoms with E-state index in [0.29, 0.717) is 0 Å². The van der Waals surface area contributed by atoms with Crippen molar-refractivity contribution >= 4 is 5.69 Å². The Labute approximate surface area is 138 Å². The van der Waals surface area contributed by atoms with Gasteiger partial charge in [-0.05, 0) is 36.3 Å². The van der Waals surface area contributed by atoms with Crippen molar-refractivity contribution in [2.45, 2.75) is 25.2 Å². The summed E-state index contributed by atoms with van der Waals surface area (Å²) < 4.78 is 1.89.